The van der Waals surface area contributed by atoms with Crippen molar-refractivity contribution in [1.29, 1.82) is 0 Å². The minimum atomic E-state index is -1.80. The van der Waals surface area contributed by atoms with Crippen molar-refractivity contribution >= 4 is 28.7 Å². The molecule has 1 aromatic carbocycles. The van der Waals surface area contributed by atoms with Crippen LogP contribution in [-0.4, -0.2) is 49.8 Å². The van der Waals surface area contributed by atoms with Crippen LogP contribution in [-0.2, 0) is 15.1 Å². The second-order valence-electron chi connectivity index (χ2n) is 6.71. The summed E-state index contributed by atoms with van der Waals surface area (Å²) >= 11 is 1.32. The number of benzene rings is 1. The molecular weight excluding hydrogens is 352 g/mol. The highest BCUT2D eigenvalue weighted by Crippen LogP contribution is 2.42. The van der Waals surface area contributed by atoms with E-state index in [2.05, 4.69) is 0 Å². The molecule has 136 valence electrons. The Bertz CT molecular complexity index is 817. The molecule has 7 heteroatoms. The molecule has 26 heavy (non-hydrogen) atoms. The zero-order valence-electron chi connectivity index (χ0n) is 14.3. The lowest BCUT2D eigenvalue weighted by Gasteiger charge is -2.29. The number of para-hydroxylation sites is 1. The number of rotatable bonds is 5. The number of carbonyl (C=O) groups excluding carboxylic acids is 2. The number of quaternary nitrogens is 1. The smallest absolute Gasteiger partial charge is 0.268 e. The molecule has 0 unspecified atom stereocenters. The number of thiophene rings is 1. The highest BCUT2D eigenvalue weighted by molar-refractivity contribution is 7.12. The SMILES string of the molecule is O=C(C[C@@]1(O)C(=O)N(C[NH+]2CCOCC2)c2ccccc21)c1cccs1. The first-order valence-corrected chi connectivity index (χ1v) is 9.59. The van der Waals surface area contributed by atoms with Gasteiger partial charge < -0.3 is 14.7 Å². The number of amides is 1. The van der Waals surface area contributed by atoms with Gasteiger partial charge in [0, 0.05) is 5.56 Å². The van der Waals surface area contributed by atoms with Gasteiger partial charge in [-0.2, -0.15) is 0 Å². The van der Waals surface area contributed by atoms with Crippen LogP contribution in [0.25, 0.3) is 0 Å². The zero-order valence-corrected chi connectivity index (χ0v) is 15.1. The molecule has 0 aliphatic carbocycles. The maximum Gasteiger partial charge on any atom is 0.268 e. The maximum atomic E-state index is 13.1. The maximum absolute atomic E-state index is 13.1. The van der Waals surface area contributed by atoms with Crippen molar-refractivity contribution in [3.8, 4) is 0 Å². The lowest BCUT2D eigenvalue weighted by molar-refractivity contribution is -0.906. The number of hydrogen-bond acceptors (Lipinski definition) is 5. The molecule has 0 bridgehead atoms. The summed E-state index contributed by atoms with van der Waals surface area (Å²) in [6, 6.07) is 10.7. The van der Waals surface area contributed by atoms with E-state index in [-0.39, 0.29) is 12.2 Å². The molecule has 1 amide bonds. The fourth-order valence-corrected chi connectivity index (χ4v) is 4.30. The second-order valence-corrected chi connectivity index (χ2v) is 7.66. The van der Waals surface area contributed by atoms with Gasteiger partial charge in [-0.3, -0.25) is 14.5 Å². The van der Waals surface area contributed by atoms with Crippen LogP contribution in [0.4, 0.5) is 5.69 Å². The molecule has 4 rings (SSSR count). The Hall–Kier alpha value is -2.06. The number of carbonyl (C=O) groups is 2. The van der Waals surface area contributed by atoms with Gasteiger partial charge in [0.15, 0.2) is 18.1 Å². The van der Waals surface area contributed by atoms with Crippen LogP contribution in [0.3, 0.4) is 0 Å². The van der Waals surface area contributed by atoms with Crippen LogP contribution < -0.4 is 9.80 Å². The van der Waals surface area contributed by atoms with Crippen LogP contribution in [0.15, 0.2) is 41.8 Å². The largest absolute Gasteiger partial charge is 0.375 e. The third-order valence-corrected chi connectivity index (χ3v) is 5.94. The van der Waals surface area contributed by atoms with Gasteiger partial charge in [0.1, 0.15) is 13.1 Å². The number of Topliss-reactive ketones (excluding diaryl/α,β-unsaturated/α-hetero) is 1. The Balaban J connectivity index is 1.63. The molecule has 6 nitrogen and oxygen atoms in total. The lowest BCUT2D eigenvalue weighted by Crippen LogP contribution is -3.15. The average Bonchev–Trinajstić information content (AvgIpc) is 3.26. The Morgan fingerprint density at radius 1 is 1.23 bits per heavy atom. The van der Waals surface area contributed by atoms with Crippen molar-refractivity contribution in [3.05, 3.63) is 52.2 Å². The molecule has 1 saturated heterocycles. The molecular formula is C19H21N2O4S+. The summed E-state index contributed by atoms with van der Waals surface area (Å²) in [5.74, 6) is -0.631. The van der Waals surface area contributed by atoms with E-state index >= 15 is 0 Å². The normalized spacial score (nSPS) is 23.3. The molecule has 0 saturated carbocycles. The molecule has 1 fully saturated rings. The van der Waals surface area contributed by atoms with Crippen LogP contribution in [0.1, 0.15) is 21.7 Å². The van der Waals surface area contributed by atoms with E-state index in [9.17, 15) is 14.7 Å². The fourth-order valence-electron chi connectivity index (χ4n) is 3.63. The number of aliphatic hydroxyl groups is 1. The van der Waals surface area contributed by atoms with Gasteiger partial charge in [-0.1, -0.05) is 24.3 Å². The van der Waals surface area contributed by atoms with E-state index < -0.39 is 11.5 Å². The van der Waals surface area contributed by atoms with E-state index in [1.165, 1.54) is 16.2 Å². The van der Waals surface area contributed by atoms with Gasteiger partial charge in [0.05, 0.1) is 30.2 Å². The second kappa shape index (κ2) is 6.92. The van der Waals surface area contributed by atoms with Gasteiger partial charge >= 0.3 is 0 Å². The number of ether oxygens (including phenoxy) is 1. The molecule has 0 spiro atoms. The van der Waals surface area contributed by atoms with Crippen LogP contribution in [0.2, 0.25) is 0 Å². The number of anilines is 1. The van der Waals surface area contributed by atoms with E-state index in [1.807, 2.05) is 17.5 Å². The Morgan fingerprint density at radius 2 is 2.00 bits per heavy atom. The van der Waals surface area contributed by atoms with Crippen LogP contribution in [0.5, 0.6) is 0 Å². The fraction of sp³-hybridized carbons (Fsp3) is 0.368. The summed E-state index contributed by atoms with van der Waals surface area (Å²) in [5, 5.41) is 13.1. The van der Waals surface area contributed by atoms with Crippen molar-refractivity contribution in [2.24, 2.45) is 0 Å². The van der Waals surface area contributed by atoms with E-state index in [4.69, 9.17) is 4.74 Å². The lowest BCUT2D eigenvalue weighted by atomic mass is 9.89. The number of ketones is 1. The minimum absolute atomic E-state index is 0.216. The predicted molar refractivity (Wildman–Crippen MR) is 97.5 cm³/mol. The van der Waals surface area contributed by atoms with Crippen molar-refractivity contribution in [2.75, 3.05) is 37.9 Å². The number of nitrogens with one attached hydrogen (secondary N) is 1. The molecule has 1 atom stereocenters. The Kier molecular flexibility index (Phi) is 4.62. The summed E-state index contributed by atoms with van der Waals surface area (Å²) < 4.78 is 5.38. The molecule has 1 aromatic heterocycles. The first-order chi connectivity index (χ1) is 12.6. The van der Waals surface area contributed by atoms with Gasteiger partial charge in [0.2, 0.25) is 0 Å². The zero-order chi connectivity index (χ0) is 18.1. The first kappa shape index (κ1) is 17.4. The van der Waals surface area contributed by atoms with Crippen LogP contribution in [0, 0.1) is 0 Å². The highest BCUT2D eigenvalue weighted by atomic mass is 32.1. The molecule has 2 aliphatic rings. The summed E-state index contributed by atoms with van der Waals surface area (Å²) in [6.07, 6.45) is -0.238. The number of morpholine rings is 1. The van der Waals surface area contributed by atoms with E-state index in [1.54, 1.807) is 29.2 Å². The third-order valence-electron chi connectivity index (χ3n) is 5.03. The van der Waals surface area contributed by atoms with Crippen LogP contribution >= 0.6 is 11.3 Å². The number of nitrogens with zero attached hydrogens (tertiary/aromatic N) is 1. The van der Waals surface area contributed by atoms with Crippen molar-refractivity contribution in [2.45, 2.75) is 12.0 Å². The monoisotopic (exact) mass is 373 g/mol. The quantitative estimate of drug-likeness (QED) is 0.746. The standard InChI is InChI=1S/C19H20N2O4S/c22-16(17-6-3-11-26-17)12-19(24)14-4-1-2-5-15(14)21(18(19)23)13-20-7-9-25-10-8-20/h1-6,11,24H,7-10,12-13H2/p+1/t19-/m0/s1. The highest BCUT2D eigenvalue weighted by Gasteiger charge is 2.51. The predicted octanol–water partition coefficient (Wildman–Crippen LogP) is 0.428. The van der Waals surface area contributed by atoms with E-state index in [0.717, 1.165) is 13.1 Å². The topological polar surface area (TPSA) is 71.3 Å². The summed E-state index contributed by atoms with van der Waals surface area (Å²) in [7, 11) is 0. The average molecular weight is 373 g/mol. The minimum Gasteiger partial charge on any atom is -0.375 e. The molecule has 2 N–H and O–H groups in total. The molecule has 3 heterocycles. The number of fused-ring (bicyclic) bond motifs is 1. The summed E-state index contributed by atoms with van der Waals surface area (Å²) in [5.41, 5.74) is -0.593. The van der Waals surface area contributed by atoms with Gasteiger partial charge in [0.25, 0.3) is 5.91 Å². The summed E-state index contributed by atoms with van der Waals surface area (Å²) in [6.45, 7) is 3.44. The Morgan fingerprint density at radius 3 is 2.73 bits per heavy atom. The Labute approximate surface area is 155 Å². The van der Waals surface area contributed by atoms with Crippen molar-refractivity contribution in [1.82, 2.24) is 0 Å². The van der Waals surface area contributed by atoms with Gasteiger partial charge in [-0.15, -0.1) is 11.3 Å². The molecule has 2 aliphatic heterocycles. The number of hydrogen-bond donors (Lipinski definition) is 2. The van der Waals surface area contributed by atoms with E-state index in [0.29, 0.717) is 36.0 Å². The van der Waals surface area contributed by atoms with Gasteiger partial charge in [-0.05, 0) is 17.5 Å². The summed E-state index contributed by atoms with van der Waals surface area (Å²) in [4.78, 5) is 29.1. The van der Waals surface area contributed by atoms with Crippen molar-refractivity contribution in [3.63, 3.8) is 0 Å². The molecule has 0 radical (unpaired) electrons. The van der Waals surface area contributed by atoms with Crippen molar-refractivity contribution < 1.29 is 24.3 Å². The third kappa shape index (κ3) is 2.97. The molecule has 2 aromatic rings. The first-order valence-electron chi connectivity index (χ1n) is 8.71. The van der Waals surface area contributed by atoms with Gasteiger partial charge in [-0.25, -0.2) is 0 Å².